The summed E-state index contributed by atoms with van der Waals surface area (Å²) in [7, 11) is -8.38. The number of para-hydroxylation sites is 1. The van der Waals surface area contributed by atoms with E-state index in [4.69, 9.17) is 4.55 Å². The second-order valence-electron chi connectivity index (χ2n) is 3.16. The average Bonchev–Trinajstić information content (AvgIpc) is 2.04. The van der Waals surface area contributed by atoms with Crippen LogP contribution in [0.4, 0.5) is 0 Å². The van der Waals surface area contributed by atoms with Gasteiger partial charge in [-0.15, -0.1) is 0 Å². The molecule has 0 fully saturated rings. The van der Waals surface area contributed by atoms with Crippen molar-refractivity contribution in [2.45, 2.75) is 11.8 Å². The highest BCUT2D eigenvalue weighted by molar-refractivity contribution is 7.87. The van der Waals surface area contributed by atoms with Crippen LogP contribution in [0.5, 0.6) is 5.75 Å². The smallest absolute Gasteiger partial charge is 0.306 e. The van der Waals surface area contributed by atoms with Crippen LogP contribution in [0, 0.1) is 6.92 Å². The van der Waals surface area contributed by atoms with Gasteiger partial charge in [0.15, 0.2) is 5.75 Å². The molecule has 1 aromatic carbocycles. The molecule has 0 aliphatic rings. The van der Waals surface area contributed by atoms with Gasteiger partial charge in [-0.3, -0.25) is 4.55 Å². The predicted molar refractivity (Wildman–Crippen MR) is 56.5 cm³/mol. The van der Waals surface area contributed by atoms with Gasteiger partial charge in [0.05, 0.1) is 6.26 Å². The van der Waals surface area contributed by atoms with Crippen LogP contribution >= 0.6 is 0 Å². The lowest BCUT2D eigenvalue weighted by atomic mass is 10.2. The molecule has 0 atom stereocenters. The Labute approximate surface area is 93.7 Å². The molecule has 1 aromatic rings. The zero-order valence-electron chi connectivity index (χ0n) is 8.54. The Kier molecular flexibility index (Phi) is 3.27. The van der Waals surface area contributed by atoms with Crippen LogP contribution in [-0.2, 0) is 20.2 Å². The fourth-order valence-corrected chi connectivity index (χ4v) is 2.35. The first-order valence-corrected chi connectivity index (χ1v) is 7.33. The third kappa shape index (κ3) is 3.19. The Hall–Kier alpha value is -1.12. The summed E-state index contributed by atoms with van der Waals surface area (Å²) in [5.74, 6) is -0.382. The van der Waals surface area contributed by atoms with Gasteiger partial charge in [-0.1, -0.05) is 12.1 Å². The summed E-state index contributed by atoms with van der Waals surface area (Å²) in [4.78, 5) is -0.571. The third-order valence-corrected chi connectivity index (χ3v) is 3.04. The Morgan fingerprint density at radius 2 is 1.75 bits per heavy atom. The van der Waals surface area contributed by atoms with Crippen LogP contribution in [0.25, 0.3) is 0 Å². The fourth-order valence-electron chi connectivity index (χ4n) is 1.09. The summed E-state index contributed by atoms with van der Waals surface area (Å²) >= 11 is 0. The number of hydrogen-bond donors (Lipinski definition) is 1. The van der Waals surface area contributed by atoms with Crippen molar-refractivity contribution in [3.8, 4) is 5.75 Å². The van der Waals surface area contributed by atoms with Gasteiger partial charge in [0, 0.05) is 0 Å². The lowest BCUT2D eigenvalue weighted by Gasteiger charge is -2.09. The Balaban J connectivity index is 3.48. The maximum absolute atomic E-state index is 11.0. The quantitative estimate of drug-likeness (QED) is 0.634. The van der Waals surface area contributed by atoms with E-state index in [1.54, 1.807) is 0 Å². The largest absolute Gasteiger partial charge is 0.381 e. The van der Waals surface area contributed by atoms with Crippen molar-refractivity contribution in [1.29, 1.82) is 0 Å². The van der Waals surface area contributed by atoms with Crippen LogP contribution < -0.4 is 4.18 Å². The van der Waals surface area contributed by atoms with Crippen molar-refractivity contribution >= 4 is 20.2 Å². The Morgan fingerprint density at radius 3 is 2.19 bits per heavy atom. The van der Waals surface area contributed by atoms with Crippen molar-refractivity contribution < 1.29 is 25.6 Å². The van der Waals surface area contributed by atoms with Crippen LogP contribution in [0.3, 0.4) is 0 Å². The molecular weight excluding hydrogens is 256 g/mol. The molecule has 1 rings (SSSR count). The van der Waals surface area contributed by atoms with E-state index in [9.17, 15) is 16.8 Å². The molecule has 0 spiro atoms. The Morgan fingerprint density at radius 1 is 1.19 bits per heavy atom. The molecule has 16 heavy (non-hydrogen) atoms. The second-order valence-corrected chi connectivity index (χ2v) is 6.13. The molecule has 0 aliphatic carbocycles. The number of benzene rings is 1. The number of rotatable bonds is 3. The third-order valence-electron chi connectivity index (χ3n) is 1.69. The highest BCUT2D eigenvalue weighted by Gasteiger charge is 2.21. The lowest BCUT2D eigenvalue weighted by Crippen LogP contribution is -2.11. The van der Waals surface area contributed by atoms with Gasteiger partial charge in [-0.05, 0) is 18.6 Å². The van der Waals surface area contributed by atoms with Gasteiger partial charge < -0.3 is 4.18 Å². The van der Waals surface area contributed by atoms with Crippen LogP contribution in [0.1, 0.15) is 5.56 Å². The SMILES string of the molecule is Cc1cccc(S(=O)(=O)O)c1OS(C)(=O)=O. The first-order chi connectivity index (χ1) is 7.11. The minimum atomic E-state index is -4.52. The maximum atomic E-state index is 11.0. The molecule has 0 amide bonds. The molecule has 6 nitrogen and oxygen atoms in total. The van der Waals surface area contributed by atoms with Crippen molar-refractivity contribution in [1.82, 2.24) is 0 Å². The zero-order chi connectivity index (χ0) is 12.6. The summed E-state index contributed by atoms with van der Waals surface area (Å²) in [6.45, 7) is 1.47. The molecule has 8 heteroatoms. The molecule has 0 unspecified atom stereocenters. The van der Waals surface area contributed by atoms with Gasteiger partial charge in [-0.2, -0.15) is 16.8 Å². The zero-order valence-corrected chi connectivity index (χ0v) is 10.2. The molecule has 0 saturated heterocycles. The number of hydrogen-bond acceptors (Lipinski definition) is 5. The molecule has 0 saturated carbocycles. The van der Waals surface area contributed by atoms with E-state index in [-0.39, 0.29) is 5.75 Å². The summed E-state index contributed by atoms with van der Waals surface area (Å²) < 4.78 is 57.2. The first kappa shape index (κ1) is 12.9. The van der Waals surface area contributed by atoms with Crippen molar-refractivity contribution in [2.24, 2.45) is 0 Å². The van der Waals surface area contributed by atoms with Crippen LogP contribution in [0.15, 0.2) is 23.1 Å². The molecule has 0 aromatic heterocycles. The van der Waals surface area contributed by atoms with Crippen molar-refractivity contribution in [2.75, 3.05) is 6.26 Å². The molecular formula is C8H10O6S2. The normalized spacial score (nSPS) is 12.4. The molecule has 0 bridgehead atoms. The van der Waals surface area contributed by atoms with Gasteiger partial charge in [-0.25, -0.2) is 0 Å². The summed E-state index contributed by atoms with van der Waals surface area (Å²) in [6.07, 6.45) is 0.785. The molecule has 0 radical (unpaired) electrons. The van der Waals surface area contributed by atoms with Gasteiger partial charge in [0.25, 0.3) is 10.1 Å². The average molecular weight is 266 g/mol. The lowest BCUT2D eigenvalue weighted by molar-refractivity contribution is 0.465. The van der Waals surface area contributed by atoms with Crippen molar-refractivity contribution in [3.05, 3.63) is 23.8 Å². The van der Waals surface area contributed by atoms with Gasteiger partial charge in [0.1, 0.15) is 4.90 Å². The fraction of sp³-hybridized carbons (Fsp3) is 0.250. The van der Waals surface area contributed by atoms with E-state index < -0.39 is 25.1 Å². The van der Waals surface area contributed by atoms with Gasteiger partial charge >= 0.3 is 10.1 Å². The molecule has 0 heterocycles. The summed E-state index contributed by atoms with van der Waals surface area (Å²) in [6, 6.07) is 3.89. The molecule has 0 aliphatic heterocycles. The van der Waals surface area contributed by atoms with E-state index in [1.165, 1.54) is 19.1 Å². The maximum Gasteiger partial charge on any atom is 0.306 e. The minimum absolute atomic E-state index is 0.292. The topological polar surface area (TPSA) is 97.7 Å². The molecule has 1 N–H and O–H groups in total. The monoisotopic (exact) mass is 266 g/mol. The Bertz CT molecular complexity index is 599. The number of aryl methyl sites for hydroxylation is 1. The highest BCUT2D eigenvalue weighted by atomic mass is 32.2. The van der Waals surface area contributed by atoms with Crippen molar-refractivity contribution in [3.63, 3.8) is 0 Å². The van der Waals surface area contributed by atoms with Gasteiger partial charge in [0.2, 0.25) is 0 Å². The van der Waals surface area contributed by atoms with E-state index in [1.807, 2.05) is 0 Å². The van der Waals surface area contributed by atoms with E-state index in [0.717, 1.165) is 12.3 Å². The van der Waals surface area contributed by atoms with E-state index >= 15 is 0 Å². The summed E-state index contributed by atoms with van der Waals surface area (Å²) in [5, 5.41) is 0. The van der Waals surface area contributed by atoms with Crippen LogP contribution in [-0.4, -0.2) is 27.6 Å². The van der Waals surface area contributed by atoms with E-state index in [2.05, 4.69) is 4.18 Å². The standard InChI is InChI=1S/C8H10O6S2/c1-6-4-3-5-7(16(11,12)13)8(6)14-15(2,9)10/h3-5H,1-2H3,(H,11,12,13). The highest BCUT2D eigenvalue weighted by Crippen LogP contribution is 2.28. The van der Waals surface area contributed by atoms with Crippen LogP contribution in [0.2, 0.25) is 0 Å². The summed E-state index contributed by atoms with van der Waals surface area (Å²) in [5.41, 5.74) is 0.292. The predicted octanol–water partition coefficient (Wildman–Crippen LogP) is 0.580. The first-order valence-electron chi connectivity index (χ1n) is 4.08. The van der Waals surface area contributed by atoms with E-state index in [0.29, 0.717) is 5.56 Å². The second kappa shape index (κ2) is 4.04. The molecule has 90 valence electrons. The minimum Gasteiger partial charge on any atom is -0.381 e.